The molecule has 0 radical (unpaired) electrons. The number of carbonyl (C=O) groups is 1. The lowest BCUT2D eigenvalue weighted by molar-refractivity contribution is -0.116. The van der Waals surface area contributed by atoms with E-state index in [-0.39, 0.29) is 18.0 Å². The number of methoxy groups -OCH3 is 1. The predicted molar refractivity (Wildman–Crippen MR) is 143 cm³/mol. The lowest BCUT2D eigenvalue weighted by Crippen LogP contribution is -2.30. The Balaban J connectivity index is 1.65. The number of aryl methyl sites for hydroxylation is 2. The molecule has 3 aromatic carbocycles. The third-order valence-electron chi connectivity index (χ3n) is 5.92. The van der Waals surface area contributed by atoms with Crippen LogP contribution in [0, 0.1) is 6.92 Å². The number of aromatic nitrogens is 1. The van der Waals surface area contributed by atoms with E-state index >= 15 is 0 Å². The van der Waals surface area contributed by atoms with E-state index in [2.05, 4.69) is 29.7 Å². The first kappa shape index (κ1) is 24.4. The van der Waals surface area contributed by atoms with Crippen LogP contribution in [-0.2, 0) is 24.3 Å². The Morgan fingerprint density at radius 1 is 1.03 bits per heavy atom. The third kappa shape index (κ3) is 5.66. The van der Waals surface area contributed by atoms with Crippen LogP contribution in [0.1, 0.15) is 23.6 Å². The number of nitrogens with one attached hydrogen (secondary N) is 2. The van der Waals surface area contributed by atoms with E-state index in [0.717, 1.165) is 23.1 Å². The van der Waals surface area contributed by atoms with Crippen molar-refractivity contribution in [3.05, 3.63) is 98.8 Å². The van der Waals surface area contributed by atoms with Crippen molar-refractivity contribution in [3.63, 3.8) is 0 Å². The summed E-state index contributed by atoms with van der Waals surface area (Å²) in [6.45, 7) is 4.20. The molecule has 0 saturated carbocycles. The average Bonchev–Trinajstić information content (AvgIpc) is 2.86. The normalized spacial score (nSPS) is 10.9. The standard InChI is InChI=1S/C28H28ClN3O3/c1-4-19-6-9-22(10-7-19)30-16-21-14-20-8-11-23(35-3)15-26(20)32(28(21)34)17-27(33)31-25-12-5-18(2)13-24(25)29/h5-15,30H,4,16-17H2,1-3H3,(H,31,33). The fraction of sp³-hybridized carbons (Fsp3) is 0.214. The molecule has 0 unspecified atom stereocenters. The molecule has 0 aliphatic heterocycles. The lowest BCUT2D eigenvalue weighted by atomic mass is 10.1. The van der Waals surface area contributed by atoms with Crippen molar-refractivity contribution in [2.24, 2.45) is 0 Å². The largest absolute Gasteiger partial charge is 0.497 e. The van der Waals surface area contributed by atoms with Crippen LogP contribution >= 0.6 is 11.6 Å². The van der Waals surface area contributed by atoms with Crippen LogP contribution in [-0.4, -0.2) is 17.6 Å². The van der Waals surface area contributed by atoms with Crippen molar-refractivity contribution in [3.8, 4) is 5.75 Å². The summed E-state index contributed by atoms with van der Waals surface area (Å²) in [6, 6.07) is 20.9. The van der Waals surface area contributed by atoms with Crippen molar-refractivity contribution < 1.29 is 9.53 Å². The molecule has 4 rings (SSSR count). The zero-order chi connectivity index (χ0) is 24.9. The fourth-order valence-electron chi connectivity index (χ4n) is 3.93. The SMILES string of the molecule is CCc1ccc(NCc2cc3ccc(OC)cc3n(CC(=O)Nc3ccc(C)cc3Cl)c2=O)cc1. The summed E-state index contributed by atoms with van der Waals surface area (Å²) < 4.78 is 6.83. The Kier molecular flexibility index (Phi) is 7.42. The maximum atomic E-state index is 13.5. The van der Waals surface area contributed by atoms with Gasteiger partial charge in [0.15, 0.2) is 0 Å². The molecule has 4 aromatic rings. The first-order chi connectivity index (χ1) is 16.9. The summed E-state index contributed by atoms with van der Waals surface area (Å²) in [6.07, 6.45) is 0.967. The minimum Gasteiger partial charge on any atom is -0.497 e. The first-order valence-corrected chi connectivity index (χ1v) is 11.8. The molecule has 1 aromatic heterocycles. The van der Waals surface area contributed by atoms with E-state index in [1.54, 1.807) is 25.3 Å². The number of amides is 1. The van der Waals surface area contributed by atoms with E-state index in [1.165, 1.54) is 10.1 Å². The van der Waals surface area contributed by atoms with Gasteiger partial charge in [0.25, 0.3) is 5.56 Å². The highest BCUT2D eigenvalue weighted by atomic mass is 35.5. The summed E-state index contributed by atoms with van der Waals surface area (Å²) in [5, 5.41) is 7.42. The lowest BCUT2D eigenvalue weighted by Gasteiger charge is -2.15. The van der Waals surface area contributed by atoms with Gasteiger partial charge in [-0.3, -0.25) is 14.2 Å². The maximum absolute atomic E-state index is 13.5. The third-order valence-corrected chi connectivity index (χ3v) is 6.24. The summed E-state index contributed by atoms with van der Waals surface area (Å²) in [5.74, 6) is 0.261. The van der Waals surface area contributed by atoms with Gasteiger partial charge in [-0.05, 0) is 72.3 Å². The molecule has 0 aliphatic rings. The van der Waals surface area contributed by atoms with Crippen LogP contribution in [0.4, 0.5) is 11.4 Å². The highest BCUT2D eigenvalue weighted by molar-refractivity contribution is 6.33. The summed E-state index contributed by atoms with van der Waals surface area (Å²) in [5.41, 5.74) is 4.61. The van der Waals surface area contributed by atoms with Gasteiger partial charge in [0.2, 0.25) is 5.91 Å². The highest BCUT2D eigenvalue weighted by Crippen LogP contribution is 2.24. The quantitative estimate of drug-likeness (QED) is 0.329. The van der Waals surface area contributed by atoms with Gasteiger partial charge >= 0.3 is 0 Å². The number of ether oxygens (including phenoxy) is 1. The monoisotopic (exact) mass is 489 g/mol. The number of anilines is 2. The summed E-state index contributed by atoms with van der Waals surface area (Å²) >= 11 is 6.28. The molecule has 1 heterocycles. The smallest absolute Gasteiger partial charge is 0.256 e. The fourth-order valence-corrected chi connectivity index (χ4v) is 4.21. The Labute approximate surface area is 209 Å². The van der Waals surface area contributed by atoms with Crippen LogP contribution in [0.15, 0.2) is 71.5 Å². The van der Waals surface area contributed by atoms with Crippen LogP contribution in [0.5, 0.6) is 5.75 Å². The molecule has 1 amide bonds. The van der Waals surface area contributed by atoms with Gasteiger partial charge in [0, 0.05) is 23.9 Å². The molecular formula is C28H28ClN3O3. The number of pyridine rings is 1. The Morgan fingerprint density at radius 2 is 1.80 bits per heavy atom. The van der Waals surface area contributed by atoms with Gasteiger partial charge < -0.3 is 15.4 Å². The average molecular weight is 490 g/mol. The number of nitrogens with zero attached hydrogens (tertiary/aromatic N) is 1. The topological polar surface area (TPSA) is 72.4 Å². The predicted octanol–water partition coefficient (Wildman–Crippen LogP) is 5.79. The second-order valence-corrected chi connectivity index (χ2v) is 8.83. The zero-order valence-electron chi connectivity index (χ0n) is 20.0. The van der Waals surface area contributed by atoms with Gasteiger partial charge in [-0.1, -0.05) is 36.7 Å². The number of carbonyl (C=O) groups excluding carboxylic acids is 1. The van der Waals surface area contributed by atoms with Crippen molar-refractivity contribution in [2.45, 2.75) is 33.4 Å². The van der Waals surface area contributed by atoms with E-state index < -0.39 is 0 Å². The molecule has 2 N–H and O–H groups in total. The van der Waals surface area contributed by atoms with E-state index in [1.807, 2.05) is 43.3 Å². The molecule has 0 aliphatic carbocycles. The van der Waals surface area contributed by atoms with Gasteiger partial charge in [0.05, 0.1) is 23.3 Å². The minimum atomic E-state index is -0.345. The van der Waals surface area contributed by atoms with Crippen molar-refractivity contribution in [2.75, 3.05) is 17.7 Å². The Bertz CT molecular complexity index is 1430. The number of hydrogen-bond donors (Lipinski definition) is 2. The molecule has 35 heavy (non-hydrogen) atoms. The molecule has 0 bridgehead atoms. The van der Waals surface area contributed by atoms with Crippen molar-refractivity contribution in [1.82, 2.24) is 4.57 Å². The van der Waals surface area contributed by atoms with Crippen molar-refractivity contribution >= 4 is 39.8 Å². The summed E-state index contributed by atoms with van der Waals surface area (Å²) in [7, 11) is 1.57. The van der Waals surface area contributed by atoms with Crippen LogP contribution in [0.25, 0.3) is 10.9 Å². The molecule has 0 spiro atoms. The Morgan fingerprint density at radius 3 is 2.49 bits per heavy atom. The molecule has 0 atom stereocenters. The first-order valence-electron chi connectivity index (χ1n) is 11.5. The van der Waals surface area contributed by atoms with Crippen LogP contribution < -0.4 is 20.9 Å². The van der Waals surface area contributed by atoms with Crippen LogP contribution in [0.2, 0.25) is 5.02 Å². The molecule has 180 valence electrons. The second kappa shape index (κ2) is 10.7. The molecular weight excluding hydrogens is 462 g/mol. The molecule has 7 heteroatoms. The number of rotatable bonds is 8. The second-order valence-electron chi connectivity index (χ2n) is 8.42. The number of hydrogen-bond acceptors (Lipinski definition) is 4. The van der Waals surface area contributed by atoms with Gasteiger partial charge in [-0.15, -0.1) is 0 Å². The van der Waals surface area contributed by atoms with Gasteiger partial charge in [-0.25, -0.2) is 0 Å². The number of benzene rings is 3. The molecule has 0 fully saturated rings. The maximum Gasteiger partial charge on any atom is 0.256 e. The highest BCUT2D eigenvalue weighted by Gasteiger charge is 2.15. The Hall–Kier alpha value is -3.77. The molecule has 0 saturated heterocycles. The zero-order valence-corrected chi connectivity index (χ0v) is 20.8. The molecule has 6 nitrogen and oxygen atoms in total. The van der Waals surface area contributed by atoms with E-state index in [0.29, 0.717) is 34.1 Å². The minimum absolute atomic E-state index is 0.161. The van der Waals surface area contributed by atoms with Gasteiger partial charge in [-0.2, -0.15) is 0 Å². The van der Waals surface area contributed by atoms with Gasteiger partial charge in [0.1, 0.15) is 12.3 Å². The van der Waals surface area contributed by atoms with Crippen LogP contribution in [0.3, 0.4) is 0 Å². The van der Waals surface area contributed by atoms with E-state index in [4.69, 9.17) is 16.3 Å². The van der Waals surface area contributed by atoms with Crippen molar-refractivity contribution in [1.29, 1.82) is 0 Å². The summed E-state index contributed by atoms with van der Waals surface area (Å²) in [4.78, 5) is 26.4. The number of fused-ring (bicyclic) bond motifs is 1. The van der Waals surface area contributed by atoms with E-state index in [9.17, 15) is 9.59 Å². The number of halogens is 1.